The summed E-state index contributed by atoms with van der Waals surface area (Å²) in [7, 11) is 0. The van der Waals surface area contributed by atoms with Gasteiger partial charge in [-0.1, -0.05) is 6.92 Å². The number of anilines is 1. The average Bonchev–Trinajstić information content (AvgIpc) is 2.31. The van der Waals surface area contributed by atoms with E-state index in [-0.39, 0.29) is 11.8 Å². The first-order valence-electron chi connectivity index (χ1n) is 5.59. The summed E-state index contributed by atoms with van der Waals surface area (Å²) >= 11 is 0. The number of hydrogen-bond donors (Lipinski definition) is 1. The van der Waals surface area contributed by atoms with E-state index in [0.29, 0.717) is 19.5 Å². The van der Waals surface area contributed by atoms with Crippen molar-refractivity contribution < 1.29 is 4.79 Å². The number of aromatic nitrogens is 1. The van der Waals surface area contributed by atoms with Gasteiger partial charge in [-0.15, -0.1) is 0 Å². The second-order valence-corrected chi connectivity index (χ2v) is 3.89. The summed E-state index contributed by atoms with van der Waals surface area (Å²) in [5.74, 6) is 0.343. The first-order valence-corrected chi connectivity index (χ1v) is 5.59. The largest absolute Gasteiger partial charge is 0.330 e. The number of pyridine rings is 1. The zero-order valence-electron chi connectivity index (χ0n) is 9.89. The minimum atomic E-state index is 0.117. The summed E-state index contributed by atoms with van der Waals surface area (Å²) < 4.78 is 0. The van der Waals surface area contributed by atoms with Crippen LogP contribution < -0.4 is 10.6 Å². The van der Waals surface area contributed by atoms with Crippen LogP contribution in [-0.4, -0.2) is 24.0 Å². The molecule has 0 radical (unpaired) electrons. The molecule has 0 spiro atoms. The van der Waals surface area contributed by atoms with E-state index in [2.05, 4.69) is 4.98 Å². The average molecular weight is 221 g/mol. The lowest BCUT2D eigenvalue weighted by Gasteiger charge is -2.22. The number of nitrogens with zero attached hydrogens (tertiary/aromatic N) is 2. The summed E-state index contributed by atoms with van der Waals surface area (Å²) in [5, 5.41) is 0. The Hall–Kier alpha value is -1.42. The van der Waals surface area contributed by atoms with Crippen LogP contribution >= 0.6 is 0 Å². The topological polar surface area (TPSA) is 59.2 Å². The number of amides is 1. The SMILES string of the molecule is CCN(C(=O)CC(C)CN)c1ccncc1. The molecule has 0 aromatic carbocycles. The molecule has 1 aromatic rings. The van der Waals surface area contributed by atoms with Crippen LogP contribution in [0.5, 0.6) is 0 Å². The third kappa shape index (κ3) is 3.31. The Labute approximate surface area is 96.5 Å². The molecule has 4 nitrogen and oxygen atoms in total. The van der Waals surface area contributed by atoms with E-state index in [4.69, 9.17) is 5.73 Å². The molecule has 4 heteroatoms. The summed E-state index contributed by atoms with van der Waals surface area (Å²) in [4.78, 5) is 17.7. The molecule has 1 atom stereocenters. The number of carbonyl (C=O) groups excluding carboxylic acids is 1. The highest BCUT2D eigenvalue weighted by Gasteiger charge is 2.15. The first kappa shape index (κ1) is 12.6. The molecule has 16 heavy (non-hydrogen) atoms. The molecule has 0 fully saturated rings. The van der Waals surface area contributed by atoms with Crippen LogP contribution in [0.2, 0.25) is 0 Å². The lowest BCUT2D eigenvalue weighted by atomic mass is 10.1. The van der Waals surface area contributed by atoms with Gasteiger partial charge in [0.1, 0.15) is 0 Å². The molecular formula is C12H19N3O. The Morgan fingerprint density at radius 3 is 2.62 bits per heavy atom. The molecule has 0 bridgehead atoms. The van der Waals surface area contributed by atoms with Gasteiger partial charge in [0.05, 0.1) is 0 Å². The first-order chi connectivity index (χ1) is 7.69. The number of rotatable bonds is 5. The highest BCUT2D eigenvalue weighted by Crippen LogP contribution is 2.14. The second-order valence-electron chi connectivity index (χ2n) is 3.89. The van der Waals surface area contributed by atoms with Crippen molar-refractivity contribution in [3.63, 3.8) is 0 Å². The van der Waals surface area contributed by atoms with Crippen LogP contribution in [-0.2, 0) is 4.79 Å². The van der Waals surface area contributed by atoms with Crippen molar-refractivity contribution in [2.45, 2.75) is 20.3 Å². The summed E-state index contributed by atoms with van der Waals surface area (Å²) in [5.41, 5.74) is 6.41. The van der Waals surface area contributed by atoms with Crippen LogP contribution in [0.3, 0.4) is 0 Å². The van der Waals surface area contributed by atoms with Crippen molar-refractivity contribution in [3.8, 4) is 0 Å². The van der Waals surface area contributed by atoms with Gasteiger partial charge in [0, 0.05) is 31.0 Å². The molecule has 0 aliphatic carbocycles. The van der Waals surface area contributed by atoms with Gasteiger partial charge in [0.2, 0.25) is 5.91 Å². The minimum absolute atomic E-state index is 0.117. The standard InChI is InChI=1S/C12H19N3O/c1-3-15(11-4-6-14-7-5-11)12(16)8-10(2)9-13/h4-7,10H,3,8-9,13H2,1-2H3. The predicted octanol–water partition coefficient (Wildman–Crippen LogP) is 1.42. The molecule has 1 unspecified atom stereocenters. The molecule has 2 N–H and O–H groups in total. The maximum Gasteiger partial charge on any atom is 0.227 e. The van der Waals surface area contributed by atoms with E-state index in [1.807, 2.05) is 26.0 Å². The van der Waals surface area contributed by atoms with Crippen LogP contribution in [0.1, 0.15) is 20.3 Å². The molecule has 0 aliphatic heterocycles. The van der Waals surface area contributed by atoms with Crippen molar-refractivity contribution >= 4 is 11.6 Å². The summed E-state index contributed by atoms with van der Waals surface area (Å²) in [6, 6.07) is 3.68. The van der Waals surface area contributed by atoms with E-state index >= 15 is 0 Å². The Morgan fingerprint density at radius 2 is 2.12 bits per heavy atom. The summed E-state index contributed by atoms with van der Waals surface area (Å²) in [6.45, 7) is 5.16. The van der Waals surface area contributed by atoms with Gasteiger partial charge in [-0.25, -0.2) is 0 Å². The van der Waals surface area contributed by atoms with Crippen molar-refractivity contribution in [2.75, 3.05) is 18.0 Å². The smallest absolute Gasteiger partial charge is 0.227 e. The van der Waals surface area contributed by atoms with Gasteiger partial charge in [-0.2, -0.15) is 0 Å². The Kier molecular flexibility index (Phi) is 4.92. The Bertz CT molecular complexity index is 326. The molecule has 88 valence electrons. The third-order valence-corrected chi connectivity index (χ3v) is 2.52. The molecule has 0 saturated heterocycles. The van der Waals surface area contributed by atoms with Crippen LogP contribution in [0.15, 0.2) is 24.5 Å². The van der Waals surface area contributed by atoms with E-state index in [0.717, 1.165) is 5.69 Å². The van der Waals surface area contributed by atoms with Gasteiger partial charge >= 0.3 is 0 Å². The monoisotopic (exact) mass is 221 g/mol. The van der Waals surface area contributed by atoms with Gasteiger partial charge in [-0.3, -0.25) is 9.78 Å². The lowest BCUT2D eigenvalue weighted by Crippen LogP contribution is -2.32. The van der Waals surface area contributed by atoms with Crippen molar-refractivity contribution in [1.29, 1.82) is 0 Å². The van der Waals surface area contributed by atoms with Crippen LogP contribution in [0.25, 0.3) is 0 Å². The quantitative estimate of drug-likeness (QED) is 0.818. The van der Waals surface area contributed by atoms with Crippen LogP contribution in [0.4, 0.5) is 5.69 Å². The molecule has 0 aliphatic rings. The number of hydrogen-bond acceptors (Lipinski definition) is 3. The molecule has 1 rings (SSSR count). The predicted molar refractivity (Wildman–Crippen MR) is 65.1 cm³/mol. The highest BCUT2D eigenvalue weighted by molar-refractivity contribution is 5.93. The fraction of sp³-hybridized carbons (Fsp3) is 0.500. The van der Waals surface area contributed by atoms with Gasteiger partial charge in [0.15, 0.2) is 0 Å². The van der Waals surface area contributed by atoms with E-state index in [9.17, 15) is 4.79 Å². The fourth-order valence-corrected chi connectivity index (χ4v) is 1.52. The Balaban J connectivity index is 2.71. The van der Waals surface area contributed by atoms with E-state index in [1.165, 1.54) is 0 Å². The maximum absolute atomic E-state index is 12.0. The van der Waals surface area contributed by atoms with Crippen molar-refractivity contribution in [1.82, 2.24) is 4.98 Å². The van der Waals surface area contributed by atoms with Gasteiger partial charge in [0.25, 0.3) is 0 Å². The van der Waals surface area contributed by atoms with Gasteiger partial charge in [-0.05, 0) is 31.5 Å². The van der Waals surface area contributed by atoms with Crippen molar-refractivity contribution in [2.24, 2.45) is 11.7 Å². The number of nitrogens with two attached hydrogens (primary N) is 1. The molecule has 1 aromatic heterocycles. The minimum Gasteiger partial charge on any atom is -0.330 e. The lowest BCUT2D eigenvalue weighted by molar-refractivity contribution is -0.119. The zero-order chi connectivity index (χ0) is 12.0. The Morgan fingerprint density at radius 1 is 1.50 bits per heavy atom. The molecule has 0 saturated carbocycles. The van der Waals surface area contributed by atoms with Gasteiger partial charge < -0.3 is 10.6 Å². The molecule has 1 heterocycles. The zero-order valence-corrected chi connectivity index (χ0v) is 9.89. The third-order valence-electron chi connectivity index (χ3n) is 2.52. The number of carbonyl (C=O) groups is 1. The molecule has 1 amide bonds. The van der Waals surface area contributed by atoms with Crippen molar-refractivity contribution in [3.05, 3.63) is 24.5 Å². The fourth-order valence-electron chi connectivity index (χ4n) is 1.52. The highest BCUT2D eigenvalue weighted by atomic mass is 16.2. The maximum atomic E-state index is 12.0. The second kappa shape index (κ2) is 6.23. The summed E-state index contributed by atoms with van der Waals surface area (Å²) in [6.07, 6.45) is 3.88. The normalized spacial score (nSPS) is 12.2. The molecular weight excluding hydrogens is 202 g/mol. The van der Waals surface area contributed by atoms with E-state index < -0.39 is 0 Å². The van der Waals surface area contributed by atoms with Crippen LogP contribution in [0, 0.1) is 5.92 Å². The van der Waals surface area contributed by atoms with E-state index in [1.54, 1.807) is 17.3 Å².